The molecule has 0 atom stereocenters. The van der Waals surface area contributed by atoms with E-state index < -0.39 is 0 Å². The molecular weight excluding hydrogens is 336 g/mol. The first-order valence-corrected chi connectivity index (χ1v) is 9.44. The second-order valence-electron chi connectivity index (χ2n) is 5.95. The quantitative estimate of drug-likeness (QED) is 0.864. The monoisotopic (exact) mass is 358 g/mol. The van der Waals surface area contributed by atoms with E-state index in [2.05, 4.69) is 11.4 Å². The van der Waals surface area contributed by atoms with E-state index in [4.69, 9.17) is 4.74 Å². The Labute approximate surface area is 151 Å². The molecule has 0 spiro atoms. The minimum atomic E-state index is -0.126. The number of hydrogen-bond donors (Lipinski definition) is 1. The minimum absolute atomic E-state index is 0.0677. The highest BCUT2D eigenvalue weighted by molar-refractivity contribution is 7.08. The molecule has 1 aromatic heterocycles. The van der Waals surface area contributed by atoms with Gasteiger partial charge in [-0.1, -0.05) is 6.07 Å². The van der Waals surface area contributed by atoms with E-state index in [0.29, 0.717) is 31.7 Å². The smallest absolute Gasteiger partial charge is 0.252 e. The number of benzene rings is 1. The molecule has 3 rings (SSSR count). The van der Waals surface area contributed by atoms with Crippen molar-refractivity contribution in [3.05, 3.63) is 51.7 Å². The highest BCUT2D eigenvalue weighted by Crippen LogP contribution is 2.24. The van der Waals surface area contributed by atoms with Crippen LogP contribution in [0.1, 0.15) is 34.8 Å². The third kappa shape index (κ3) is 4.39. The van der Waals surface area contributed by atoms with Crippen molar-refractivity contribution in [1.29, 1.82) is 0 Å². The summed E-state index contributed by atoms with van der Waals surface area (Å²) in [5, 5.41) is 6.46. The van der Waals surface area contributed by atoms with Gasteiger partial charge in [-0.15, -0.1) is 0 Å². The van der Waals surface area contributed by atoms with Gasteiger partial charge in [-0.2, -0.15) is 11.3 Å². The van der Waals surface area contributed by atoms with E-state index >= 15 is 0 Å². The molecular formula is C19H22N2O3S. The SMILES string of the molecule is CCOc1ccc2c(c1)CN(C(=O)CCNC(=O)c1ccsc1)CC2. The second kappa shape index (κ2) is 8.16. The third-order valence-electron chi connectivity index (χ3n) is 4.26. The van der Waals surface area contributed by atoms with Crippen LogP contribution < -0.4 is 10.1 Å². The van der Waals surface area contributed by atoms with E-state index in [1.807, 2.05) is 29.3 Å². The number of nitrogens with zero attached hydrogens (tertiary/aromatic N) is 1. The van der Waals surface area contributed by atoms with Crippen molar-refractivity contribution in [2.75, 3.05) is 19.7 Å². The molecule has 0 aliphatic carbocycles. The highest BCUT2D eigenvalue weighted by atomic mass is 32.1. The van der Waals surface area contributed by atoms with Crippen LogP contribution in [0.4, 0.5) is 0 Å². The van der Waals surface area contributed by atoms with Crippen LogP contribution in [0.25, 0.3) is 0 Å². The van der Waals surface area contributed by atoms with Gasteiger partial charge in [-0.05, 0) is 48.1 Å². The number of hydrogen-bond acceptors (Lipinski definition) is 4. The number of carbonyl (C=O) groups excluding carboxylic acids is 2. The Bertz CT molecular complexity index is 743. The summed E-state index contributed by atoms with van der Waals surface area (Å²) in [5.74, 6) is 0.788. The topological polar surface area (TPSA) is 58.6 Å². The summed E-state index contributed by atoms with van der Waals surface area (Å²) < 4.78 is 5.54. The zero-order valence-corrected chi connectivity index (χ0v) is 15.1. The summed E-state index contributed by atoms with van der Waals surface area (Å²) >= 11 is 1.48. The molecule has 0 radical (unpaired) electrons. The van der Waals surface area contributed by atoms with Crippen molar-refractivity contribution in [3.63, 3.8) is 0 Å². The molecule has 0 fully saturated rings. The van der Waals surface area contributed by atoms with Crippen LogP contribution in [0.5, 0.6) is 5.75 Å². The fraction of sp³-hybridized carbons (Fsp3) is 0.368. The molecule has 2 heterocycles. The van der Waals surface area contributed by atoms with Crippen molar-refractivity contribution in [2.45, 2.75) is 26.3 Å². The van der Waals surface area contributed by atoms with Gasteiger partial charge in [0.15, 0.2) is 0 Å². The first-order chi connectivity index (χ1) is 12.2. The maximum absolute atomic E-state index is 12.4. The summed E-state index contributed by atoms with van der Waals surface area (Å²) in [4.78, 5) is 26.2. The predicted molar refractivity (Wildman–Crippen MR) is 98.0 cm³/mol. The first-order valence-electron chi connectivity index (χ1n) is 8.50. The van der Waals surface area contributed by atoms with Crippen LogP contribution >= 0.6 is 11.3 Å². The van der Waals surface area contributed by atoms with Crippen LogP contribution in [0.15, 0.2) is 35.0 Å². The summed E-state index contributed by atoms with van der Waals surface area (Å²) in [7, 11) is 0. The molecule has 2 amide bonds. The Morgan fingerprint density at radius 1 is 1.28 bits per heavy atom. The molecule has 5 nitrogen and oxygen atoms in total. The number of ether oxygens (including phenoxy) is 1. The lowest BCUT2D eigenvalue weighted by Gasteiger charge is -2.29. The van der Waals surface area contributed by atoms with Crippen LogP contribution in [0.3, 0.4) is 0 Å². The Hall–Kier alpha value is -2.34. The fourth-order valence-corrected chi connectivity index (χ4v) is 3.58. The van der Waals surface area contributed by atoms with Gasteiger partial charge in [0, 0.05) is 37.0 Å². The van der Waals surface area contributed by atoms with Gasteiger partial charge in [-0.3, -0.25) is 9.59 Å². The van der Waals surface area contributed by atoms with E-state index in [1.165, 1.54) is 16.9 Å². The van der Waals surface area contributed by atoms with Gasteiger partial charge >= 0.3 is 0 Å². The number of rotatable bonds is 6. The summed E-state index contributed by atoms with van der Waals surface area (Å²) in [6.45, 7) is 4.27. The number of carbonyl (C=O) groups is 2. The molecule has 1 aliphatic heterocycles. The summed E-state index contributed by atoms with van der Waals surface area (Å²) in [5.41, 5.74) is 3.07. The van der Waals surface area contributed by atoms with Gasteiger partial charge in [0.05, 0.1) is 6.61 Å². The average molecular weight is 358 g/mol. The highest BCUT2D eigenvalue weighted by Gasteiger charge is 2.21. The summed E-state index contributed by atoms with van der Waals surface area (Å²) in [6, 6.07) is 7.87. The van der Waals surface area contributed by atoms with Crippen molar-refractivity contribution in [1.82, 2.24) is 10.2 Å². The second-order valence-corrected chi connectivity index (χ2v) is 6.73. The molecule has 0 bridgehead atoms. The van der Waals surface area contributed by atoms with Crippen LogP contribution in [0, 0.1) is 0 Å². The molecule has 0 saturated heterocycles. The molecule has 0 unspecified atom stereocenters. The first kappa shape index (κ1) is 17.5. The molecule has 1 aromatic carbocycles. The molecule has 132 valence electrons. The number of nitrogens with one attached hydrogen (secondary N) is 1. The molecule has 1 aliphatic rings. The number of amides is 2. The minimum Gasteiger partial charge on any atom is -0.494 e. The van der Waals surface area contributed by atoms with Crippen LogP contribution in [-0.4, -0.2) is 36.4 Å². The van der Waals surface area contributed by atoms with Gasteiger partial charge in [0.25, 0.3) is 5.91 Å². The zero-order valence-electron chi connectivity index (χ0n) is 14.3. The van der Waals surface area contributed by atoms with E-state index in [0.717, 1.165) is 24.3 Å². The van der Waals surface area contributed by atoms with Gasteiger partial charge in [-0.25, -0.2) is 0 Å². The Balaban J connectivity index is 1.51. The third-order valence-corrected chi connectivity index (χ3v) is 4.94. The van der Waals surface area contributed by atoms with Gasteiger partial charge in [0.2, 0.25) is 5.91 Å². The molecule has 2 aromatic rings. The van der Waals surface area contributed by atoms with Crippen LogP contribution in [0.2, 0.25) is 0 Å². The molecule has 6 heteroatoms. The van der Waals surface area contributed by atoms with E-state index in [1.54, 1.807) is 11.4 Å². The Kier molecular flexibility index (Phi) is 5.71. The fourth-order valence-electron chi connectivity index (χ4n) is 2.94. The number of thiophene rings is 1. The van der Waals surface area contributed by atoms with E-state index in [9.17, 15) is 9.59 Å². The Morgan fingerprint density at radius 2 is 2.16 bits per heavy atom. The van der Waals surface area contributed by atoms with Crippen LogP contribution in [-0.2, 0) is 17.8 Å². The predicted octanol–water partition coefficient (Wildman–Crippen LogP) is 2.85. The molecule has 1 N–H and O–H groups in total. The normalized spacial score (nSPS) is 13.2. The lowest BCUT2D eigenvalue weighted by molar-refractivity contribution is -0.131. The lowest BCUT2D eigenvalue weighted by atomic mass is 9.99. The van der Waals surface area contributed by atoms with Gasteiger partial charge < -0.3 is 15.0 Å². The standard InChI is InChI=1S/C19H22N2O3S/c1-2-24-17-4-3-14-6-9-21(12-16(14)11-17)18(22)5-8-20-19(23)15-7-10-25-13-15/h3-4,7,10-11,13H,2,5-6,8-9,12H2,1H3,(H,20,23). The van der Waals surface area contributed by atoms with Crippen molar-refractivity contribution in [2.24, 2.45) is 0 Å². The summed E-state index contributed by atoms with van der Waals surface area (Å²) in [6.07, 6.45) is 1.17. The maximum atomic E-state index is 12.4. The van der Waals surface area contributed by atoms with Crippen molar-refractivity contribution >= 4 is 23.2 Å². The number of fused-ring (bicyclic) bond motifs is 1. The average Bonchev–Trinajstić information content (AvgIpc) is 3.16. The largest absolute Gasteiger partial charge is 0.494 e. The zero-order chi connectivity index (χ0) is 17.6. The van der Waals surface area contributed by atoms with Gasteiger partial charge in [0.1, 0.15) is 5.75 Å². The van der Waals surface area contributed by atoms with Crippen molar-refractivity contribution in [3.8, 4) is 5.75 Å². The van der Waals surface area contributed by atoms with E-state index in [-0.39, 0.29) is 11.8 Å². The lowest BCUT2D eigenvalue weighted by Crippen LogP contribution is -2.38. The van der Waals surface area contributed by atoms with Crippen molar-refractivity contribution < 1.29 is 14.3 Å². The maximum Gasteiger partial charge on any atom is 0.252 e. The Morgan fingerprint density at radius 3 is 2.92 bits per heavy atom. The molecule has 0 saturated carbocycles. The molecule has 25 heavy (non-hydrogen) atoms.